The van der Waals surface area contributed by atoms with Crippen molar-refractivity contribution >= 4 is 17.3 Å². The van der Waals surface area contributed by atoms with E-state index in [0.717, 1.165) is 24.7 Å². The Labute approximate surface area is 115 Å². The Bertz CT molecular complexity index is 442. The van der Waals surface area contributed by atoms with Crippen LogP contribution in [0.2, 0.25) is 0 Å². The number of hydrogen-bond acceptors (Lipinski definition) is 2. The van der Waals surface area contributed by atoms with E-state index in [1.54, 1.807) is 0 Å². The lowest BCUT2D eigenvalue weighted by atomic mass is 9.98. The van der Waals surface area contributed by atoms with E-state index in [2.05, 4.69) is 16.8 Å². The fraction of sp³-hybridized carbons (Fsp3) is 0.533. The molecule has 1 aromatic carbocycles. The van der Waals surface area contributed by atoms with E-state index in [1.807, 2.05) is 24.3 Å². The summed E-state index contributed by atoms with van der Waals surface area (Å²) in [6.45, 7) is 4.27. The number of nitrogens with two attached hydrogens (primary N) is 2. The number of guanidine groups is 1. The number of anilines is 1. The molecule has 0 radical (unpaired) electrons. The lowest BCUT2D eigenvalue weighted by Gasteiger charge is -2.21. The second-order valence-corrected chi connectivity index (χ2v) is 5.22. The van der Waals surface area contributed by atoms with Gasteiger partial charge in [0.15, 0.2) is 5.96 Å². The van der Waals surface area contributed by atoms with Gasteiger partial charge in [0, 0.05) is 13.1 Å². The van der Waals surface area contributed by atoms with Crippen LogP contribution in [0, 0.1) is 5.92 Å². The zero-order valence-corrected chi connectivity index (χ0v) is 11.7. The predicted octanol–water partition coefficient (Wildman–Crippen LogP) is 2.73. The van der Waals surface area contributed by atoms with Crippen LogP contribution in [0.25, 0.3) is 0 Å². The third kappa shape index (κ3) is 3.63. The maximum atomic E-state index is 6.13. The minimum absolute atomic E-state index is 0.592. The highest BCUT2D eigenvalue weighted by Crippen LogP contribution is 2.23. The molecule has 0 spiro atoms. The van der Waals surface area contributed by atoms with Gasteiger partial charge in [-0.25, -0.2) is 4.99 Å². The van der Waals surface area contributed by atoms with Gasteiger partial charge < -0.3 is 16.4 Å². The van der Waals surface area contributed by atoms with Crippen molar-refractivity contribution in [2.24, 2.45) is 16.6 Å². The molecule has 0 bridgehead atoms. The summed E-state index contributed by atoms with van der Waals surface area (Å²) in [4.78, 5) is 6.65. The van der Waals surface area contributed by atoms with Crippen LogP contribution in [-0.2, 0) is 0 Å². The summed E-state index contributed by atoms with van der Waals surface area (Å²) in [7, 11) is 0. The summed E-state index contributed by atoms with van der Waals surface area (Å²) < 4.78 is 0. The second-order valence-electron chi connectivity index (χ2n) is 5.22. The van der Waals surface area contributed by atoms with Gasteiger partial charge in [-0.2, -0.15) is 0 Å². The van der Waals surface area contributed by atoms with Gasteiger partial charge in [0.25, 0.3) is 0 Å². The molecule has 19 heavy (non-hydrogen) atoms. The van der Waals surface area contributed by atoms with Gasteiger partial charge >= 0.3 is 0 Å². The quantitative estimate of drug-likeness (QED) is 0.488. The average molecular weight is 260 g/mol. The van der Waals surface area contributed by atoms with Crippen molar-refractivity contribution in [1.82, 2.24) is 4.90 Å². The highest BCUT2D eigenvalue weighted by molar-refractivity contribution is 5.83. The minimum atomic E-state index is 0.592. The highest BCUT2D eigenvalue weighted by atomic mass is 15.2. The number of nitrogen functional groups attached to an aromatic ring is 1. The van der Waals surface area contributed by atoms with Crippen LogP contribution in [0.5, 0.6) is 0 Å². The largest absolute Gasteiger partial charge is 0.397 e. The van der Waals surface area contributed by atoms with E-state index in [1.165, 1.54) is 25.7 Å². The van der Waals surface area contributed by atoms with Gasteiger partial charge in [0.05, 0.1) is 11.4 Å². The number of nitrogens with zero attached hydrogens (tertiary/aromatic N) is 2. The molecule has 1 aromatic rings. The number of rotatable bonds is 2. The fourth-order valence-electron chi connectivity index (χ4n) is 2.59. The maximum Gasteiger partial charge on any atom is 0.196 e. The van der Waals surface area contributed by atoms with Crippen molar-refractivity contribution in [3.8, 4) is 0 Å². The Balaban J connectivity index is 2.07. The first-order valence-corrected chi connectivity index (χ1v) is 7.14. The summed E-state index contributed by atoms with van der Waals surface area (Å²) in [5.41, 5.74) is 13.5. The number of hydrogen-bond donors (Lipinski definition) is 2. The number of para-hydroxylation sites is 2. The molecule has 1 heterocycles. The minimum Gasteiger partial charge on any atom is -0.397 e. The lowest BCUT2D eigenvalue weighted by Crippen LogP contribution is -2.37. The number of aliphatic imine (C=N–C) groups is 1. The third-order valence-electron chi connectivity index (χ3n) is 3.92. The normalized spacial score (nSPS) is 21.2. The van der Waals surface area contributed by atoms with Crippen LogP contribution in [0.4, 0.5) is 11.4 Å². The summed E-state index contributed by atoms with van der Waals surface area (Å²) in [5.74, 6) is 1.43. The van der Waals surface area contributed by atoms with E-state index in [9.17, 15) is 0 Å². The number of likely N-dealkylation sites (tertiary alicyclic amines) is 1. The first kappa shape index (κ1) is 13.7. The third-order valence-corrected chi connectivity index (χ3v) is 3.92. The van der Waals surface area contributed by atoms with Gasteiger partial charge in [-0.05, 0) is 37.3 Å². The highest BCUT2D eigenvalue weighted by Gasteiger charge is 2.17. The Morgan fingerprint density at radius 1 is 1.32 bits per heavy atom. The van der Waals surface area contributed by atoms with Crippen LogP contribution in [-0.4, -0.2) is 23.9 Å². The molecule has 4 N–H and O–H groups in total. The van der Waals surface area contributed by atoms with Gasteiger partial charge in [0.2, 0.25) is 0 Å². The van der Waals surface area contributed by atoms with Crippen LogP contribution >= 0.6 is 0 Å². The van der Waals surface area contributed by atoms with E-state index in [-0.39, 0.29) is 0 Å². The molecule has 0 amide bonds. The molecule has 1 unspecified atom stereocenters. The molecule has 1 aliphatic heterocycles. The van der Waals surface area contributed by atoms with Crippen molar-refractivity contribution in [3.05, 3.63) is 24.3 Å². The molecular formula is C15H24N4. The van der Waals surface area contributed by atoms with Gasteiger partial charge in [-0.3, -0.25) is 0 Å². The zero-order chi connectivity index (χ0) is 13.7. The zero-order valence-electron chi connectivity index (χ0n) is 11.7. The topological polar surface area (TPSA) is 67.6 Å². The van der Waals surface area contributed by atoms with E-state index < -0.39 is 0 Å². The molecule has 1 atom stereocenters. The molecule has 0 saturated carbocycles. The fourth-order valence-corrected chi connectivity index (χ4v) is 2.59. The van der Waals surface area contributed by atoms with Crippen molar-refractivity contribution < 1.29 is 0 Å². The van der Waals surface area contributed by atoms with Crippen molar-refractivity contribution in [3.63, 3.8) is 0 Å². The molecule has 1 aliphatic rings. The van der Waals surface area contributed by atoms with Crippen LogP contribution in [0.1, 0.15) is 32.6 Å². The molecule has 4 heteroatoms. The van der Waals surface area contributed by atoms with Crippen LogP contribution in [0.15, 0.2) is 29.3 Å². The molecule has 4 nitrogen and oxygen atoms in total. The Morgan fingerprint density at radius 3 is 2.84 bits per heavy atom. The predicted molar refractivity (Wildman–Crippen MR) is 81.3 cm³/mol. The average Bonchev–Trinajstić information content (AvgIpc) is 2.66. The molecule has 0 aromatic heterocycles. The van der Waals surface area contributed by atoms with Gasteiger partial charge in [-0.1, -0.05) is 25.5 Å². The van der Waals surface area contributed by atoms with Crippen molar-refractivity contribution in [1.29, 1.82) is 0 Å². The summed E-state index contributed by atoms with van der Waals surface area (Å²) in [5, 5.41) is 0. The summed E-state index contributed by atoms with van der Waals surface area (Å²) in [6.07, 6.45) is 4.96. The van der Waals surface area contributed by atoms with Gasteiger partial charge in [-0.15, -0.1) is 0 Å². The molecule has 1 saturated heterocycles. The molecule has 2 rings (SSSR count). The molecular weight excluding hydrogens is 236 g/mol. The standard InChI is InChI=1S/C15H24N4/c1-2-12-6-5-10-19(11-9-12)15(17)18-14-8-4-3-7-13(14)16/h3-4,7-8,12H,2,5-6,9-11,16H2,1H3,(H2,17,18). The monoisotopic (exact) mass is 260 g/mol. The first-order chi connectivity index (χ1) is 9.20. The van der Waals surface area contributed by atoms with Crippen molar-refractivity contribution in [2.75, 3.05) is 18.8 Å². The Morgan fingerprint density at radius 2 is 2.11 bits per heavy atom. The lowest BCUT2D eigenvalue weighted by molar-refractivity contribution is 0.409. The van der Waals surface area contributed by atoms with Crippen molar-refractivity contribution in [2.45, 2.75) is 32.6 Å². The van der Waals surface area contributed by atoms with E-state index in [0.29, 0.717) is 11.6 Å². The molecule has 1 fully saturated rings. The summed E-state index contributed by atoms with van der Waals surface area (Å²) in [6, 6.07) is 7.58. The SMILES string of the molecule is CCC1CCCN(C(N)=Nc2ccccc2N)CC1. The Hall–Kier alpha value is -1.71. The first-order valence-electron chi connectivity index (χ1n) is 7.14. The molecule has 104 valence electrons. The maximum absolute atomic E-state index is 6.13. The second kappa shape index (κ2) is 6.45. The smallest absolute Gasteiger partial charge is 0.196 e. The Kier molecular flexibility index (Phi) is 4.66. The van der Waals surface area contributed by atoms with E-state index in [4.69, 9.17) is 11.5 Å². The number of benzene rings is 1. The molecule has 0 aliphatic carbocycles. The van der Waals surface area contributed by atoms with Crippen LogP contribution < -0.4 is 11.5 Å². The van der Waals surface area contributed by atoms with Gasteiger partial charge in [0.1, 0.15) is 0 Å². The van der Waals surface area contributed by atoms with Crippen LogP contribution in [0.3, 0.4) is 0 Å². The summed E-state index contributed by atoms with van der Waals surface area (Å²) >= 11 is 0. The van der Waals surface area contributed by atoms with E-state index >= 15 is 0 Å².